The number of nitrogens with one attached hydrogen (secondary N) is 1. The van der Waals surface area contributed by atoms with E-state index in [1.54, 1.807) is 7.11 Å². The van der Waals surface area contributed by atoms with Crippen LogP contribution in [0.3, 0.4) is 0 Å². The number of hydrogen-bond acceptors (Lipinski definition) is 3. The smallest absolute Gasteiger partial charge is 0.224 e. The van der Waals surface area contributed by atoms with Crippen LogP contribution in [-0.2, 0) is 11.2 Å². The van der Waals surface area contributed by atoms with Crippen molar-refractivity contribution >= 4 is 37.8 Å². The molecule has 6 heteroatoms. The van der Waals surface area contributed by atoms with Crippen LogP contribution >= 0.6 is 31.9 Å². The van der Waals surface area contributed by atoms with E-state index in [0.717, 1.165) is 20.3 Å². The molecule has 0 saturated heterocycles. The molecule has 4 nitrogen and oxygen atoms in total. The lowest BCUT2D eigenvalue weighted by Crippen LogP contribution is -2.30. The van der Waals surface area contributed by atoms with Gasteiger partial charge in [-0.05, 0) is 49.6 Å². The summed E-state index contributed by atoms with van der Waals surface area (Å²) in [5.74, 6) is 0.676. The van der Waals surface area contributed by atoms with E-state index >= 15 is 0 Å². The molecule has 0 atom stereocenters. The second-order valence-corrected chi connectivity index (χ2v) is 5.12. The Morgan fingerprint density at radius 1 is 1.41 bits per heavy atom. The Bertz CT molecular complexity index is 387. The van der Waals surface area contributed by atoms with Crippen molar-refractivity contribution < 1.29 is 9.53 Å². The third kappa shape index (κ3) is 4.29. The number of carbonyl (C=O) groups is 1. The summed E-state index contributed by atoms with van der Waals surface area (Å²) in [5, 5.41) is 2.72. The van der Waals surface area contributed by atoms with E-state index in [-0.39, 0.29) is 5.91 Å². The highest BCUT2D eigenvalue weighted by atomic mass is 79.9. The Hall–Kier alpha value is -0.590. The summed E-state index contributed by atoms with van der Waals surface area (Å²) >= 11 is 6.79. The Morgan fingerprint density at radius 3 is 2.47 bits per heavy atom. The summed E-state index contributed by atoms with van der Waals surface area (Å²) in [6, 6.07) is 3.73. The normalized spacial score (nSPS) is 10.1. The lowest BCUT2D eigenvalue weighted by Gasteiger charge is -2.09. The van der Waals surface area contributed by atoms with E-state index in [2.05, 4.69) is 37.2 Å². The predicted octanol–water partition coefficient (Wildman–Crippen LogP) is 1.84. The molecule has 1 amide bonds. The molecule has 0 radical (unpaired) electrons. The van der Waals surface area contributed by atoms with Crippen molar-refractivity contribution in [1.29, 1.82) is 0 Å². The summed E-state index contributed by atoms with van der Waals surface area (Å²) in [4.78, 5) is 11.5. The molecule has 0 fully saturated rings. The molecule has 0 saturated carbocycles. The van der Waals surface area contributed by atoms with Gasteiger partial charge in [0, 0.05) is 13.1 Å². The summed E-state index contributed by atoms with van der Waals surface area (Å²) in [6.45, 7) is 0.944. The van der Waals surface area contributed by atoms with E-state index in [0.29, 0.717) is 19.5 Å². The lowest BCUT2D eigenvalue weighted by atomic mass is 10.1. The third-order valence-electron chi connectivity index (χ3n) is 2.09. The van der Waals surface area contributed by atoms with Gasteiger partial charge >= 0.3 is 0 Å². The van der Waals surface area contributed by atoms with Gasteiger partial charge in [0.05, 0.1) is 22.5 Å². The van der Waals surface area contributed by atoms with Crippen molar-refractivity contribution in [2.45, 2.75) is 6.42 Å². The molecule has 1 aromatic carbocycles. The zero-order valence-electron chi connectivity index (χ0n) is 9.43. The summed E-state index contributed by atoms with van der Waals surface area (Å²) in [6.07, 6.45) is 0.321. The largest absolute Gasteiger partial charge is 0.494 e. The fourth-order valence-corrected chi connectivity index (χ4v) is 2.97. The van der Waals surface area contributed by atoms with Crippen LogP contribution in [0.2, 0.25) is 0 Å². The van der Waals surface area contributed by atoms with Gasteiger partial charge in [0.1, 0.15) is 5.75 Å². The van der Waals surface area contributed by atoms with Crippen LogP contribution in [-0.4, -0.2) is 26.1 Å². The number of ether oxygens (including phenoxy) is 1. The Labute approximate surface area is 117 Å². The molecular formula is C11H14Br2N2O2. The van der Waals surface area contributed by atoms with Gasteiger partial charge < -0.3 is 15.8 Å². The Balaban J connectivity index is 2.76. The van der Waals surface area contributed by atoms with Crippen molar-refractivity contribution in [2.24, 2.45) is 5.73 Å². The number of benzene rings is 1. The molecule has 0 aromatic heterocycles. The molecule has 0 bridgehead atoms. The first-order chi connectivity index (χ1) is 8.08. The highest BCUT2D eigenvalue weighted by molar-refractivity contribution is 9.11. The molecule has 1 rings (SSSR count). The number of halogens is 2. The number of carbonyl (C=O) groups excluding carboxylic acids is 1. The molecular weight excluding hydrogens is 352 g/mol. The summed E-state index contributed by atoms with van der Waals surface area (Å²) in [7, 11) is 1.60. The number of nitrogens with two attached hydrogens (primary N) is 1. The van der Waals surface area contributed by atoms with Gasteiger partial charge in [-0.3, -0.25) is 4.79 Å². The lowest BCUT2D eigenvalue weighted by molar-refractivity contribution is -0.120. The Morgan fingerprint density at radius 2 is 2.00 bits per heavy atom. The zero-order chi connectivity index (χ0) is 12.8. The van der Waals surface area contributed by atoms with Crippen LogP contribution in [0.5, 0.6) is 5.75 Å². The molecule has 0 aliphatic rings. The highest BCUT2D eigenvalue weighted by Crippen LogP contribution is 2.34. The van der Waals surface area contributed by atoms with Gasteiger partial charge in [0.15, 0.2) is 0 Å². The van der Waals surface area contributed by atoms with Crippen LogP contribution in [0, 0.1) is 0 Å². The first-order valence-electron chi connectivity index (χ1n) is 5.07. The monoisotopic (exact) mass is 364 g/mol. The van der Waals surface area contributed by atoms with E-state index in [1.165, 1.54) is 0 Å². The number of hydrogen-bond donors (Lipinski definition) is 2. The topological polar surface area (TPSA) is 64.3 Å². The first kappa shape index (κ1) is 14.5. The molecule has 1 aromatic rings. The van der Waals surface area contributed by atoms with Gasteiger partial charge in [-0.2, -0.15) is 0 Å². The third-order valence-corrected chi connectivity index (χ3v) is 3.27. The van der Waals surface area contributed by atoms with E-state index < -0.39 is 0 Å². The van der Waals surface area contributed by atoms with Crippen molar-refractivity contribution in [3.8, 4) is 5.75 Å². The maximum atomic E-state index is 11.5. The SMILES string of the molecule is COc1c(Br)cc(CC(=O)NCCN)cc1Br. The second-order valence-electron chi connectivity index (χ2n) is 3.41. The van der Waals surface area contributed by atoms with Crippen molar-refractivity contribution in [2.75, 3.05) is 20.2 Å². The fraction of sp³-hybridized carbons (Fsp3) is 0.364. The van der Waals surface area contributed by atoms with Crippen molar-refractivity contribution in [3.63, 3.8) is 0 Å². The van der Waals surface area contributed by atoms with Crippen molar-refractivity contribution in [3.05, 3.63) is 26.6 Å². The molecule has 3 N–H and O–H groups in total. The minimum absolute atomic E-state index is 0.0422. The predicted molar refractivity (Wildman–Crippen MR) is 74.2 cm³/mol. The van der Waals surface area contributed by atoms with E-state index in [4.69, 9.17) is 10.5 Å². The maximum Gasteiger partial charge on any atom is 0.224 e. The van der Waals surface area contributed by atoms with Crippen LogP contribution in [0.15, 0.2) is 21.1 Å². The molecule has 17 heavy (non-hydrogen) atoms. The standard InChI is InChI=1S/C11H14Br2N2O2/c1-17-11-8(12)4-7(5-9(11)13)6-10(16)15-3-2-14/h4-5H,2-3,6,14H2,1H3,(H,15,16). The van der Waals surface area contributed by atoms with E-state index in [1.807, 2.05) is 12.1 Å². The van der Waals surface area contributed by atoms with Crippen LogP contribution < -0.4 is 15.8 Å². The molecule has 0 heterocycles. The zero-order valence-corrected chi connectivity index (χ0v) is 12.6. The average molecular weight is 366 g/mol. The minimum Gasteiger partial charge on any atom is -0.494 e. The van der Waals surface area contributed by atoms with Gasteiger partial charge in [0.2, 0.25) is 5.91 Å². The van der Waals surface area contributed by atoms with Gasteiger partial charge in [-0.25, -0.2) is 0 Å². The molecule has 0 spiro atoms. The molecule has 94 valence electrons. The van der Waals surface area contributed by atoms with Gasteiger partial charge in [-0.1, -0.05) is 0 Å². The maximum absolute atomic E-state index is 11.5. The summed E-state index contributed by atoms with van der Waals surface area (Å²) in [5.41, 5.74) is 6.21. The second kappa shape index (κ2) is 6.98. The van der Waals surface area contributed by atoms with Crippen LogP contribution in [0.25, 0.3) is 0 Å². The highest BCUT2D eigenvalue weighted by Gasteiger charge is 2.10. The number of rotatable bonds is 5. The number of methoxy groups -OCH3 is 1. The van der Waals surface area contributed by atoms with Crippen molar-refractivity contribution in [1.82, 2.24) is 5.32 Å². The fourth-order valence-electron chi connectivity index (χ4n) is 1.37. The minimum atomic E-state index is -0.0422. The Kier molecular flexibility index (Phi) is 5.94. The molecule has 0 aliphatic carbocycles. The average Bonchev–Trinajstić information content (AvgIpc) is 2.26. The summed E-state index contributed by atoms with van der Waals surface area (Å²) < 4.78 is 6.82. The molecule has 0 unspecified atom stereocenters. The van der Waals surface area contributed by atoms with Gasteiger partial charge in [0.25, 0.3) is 0 Å². The number of amides is 1. The first-order valence-corrected chi connectivity index (χ1v) is 6.65. The molecule has 0 aliphatic heterocycles. The van der Waals surface area contributed by atoms with E-state index in [9.17, 15) is 4.79 Å². The van der Waals surface area contributed by atoms with Crippen LogP contribution in [0.4, 0.5) is 0 Å². The van der Waals surface area contributed by atoms with Crippen LogP contribution in [0.1, 0.15) is 5.56 Å². The quantitative estimate of drug-likeness (QED) is 0.836. The van der Waals surface area contributed by atoms with Gasteiger partial charge in [-0.15, -0.1) is 0 Å².